The number of pyridine rings is 1. The van der Waals surface area contributed by atoms with Crippen molar-refractivity contribution < 1.29 is 14.3 Å². The minimum absolute atomic E-state index is 0.0338. The summed E-state index contributed by atoms with van der Waals surface area (Å²) >= 11 is 0. The first kappa shape index (κ1) is 19.0. The van der Waals surface area contributed by atoms with Gasteiger partial charge in [-0.3, -0.25) is 9.78 Å². The molecule has 1 aromatic heterocycles. The Morgan fingerprint density at radius 2 is 1.79 bits per heavy atom. The van der Waals surface area contributed by atoms with Gasteiger partial charge in [-0.15, -0.1) is 0 Å². The van der Waals surface area contributed by atoms with Gasteiger partial charge < -0.3 is 4.74 Å². The van der Waals surface area contributed by atoms with Crippen LogP contribution in [0.5, 0.6) is 0 Å². The minimum atomic E-state index is -0.242. The molecule has 0 bridgehead atoms. The third-order valence-electron chi connectivity index (χ3n) is 8.96. The Balaban J connectivity index is 1.33. The lowest BCUT2D eigenvalue weighted by molar-refractivity contribution is -0.132. The van der Waals surface area contributed by atoms with Crippen molar-refractivity contribution in [3.05, 3.63) is 41.7 Å². The number of aromatic nitrogens is 1. The van der Waals surface area contributed by atoms with Crippen LogP contribution in [-0.4, -0.2) is 22.8 Å². The van der Waals surface area contributed by atoms with Gasteiger partial charge in [-0.2, -0.15) is 0 Å². The van der Waals surface area contributed by atoms with Crippen molar-refractivity contribution in [1.82, 2.24) is 4.98 Å². The number of carbonyl (C=O) groups excluding carboxylic acids is 2. The number of hydrogen-bond donors (Lipinski definition) is 0. The molecule has 3 fully saturated rings. The van der Waals surface area contributed by atoms with Crippen LogP contribution in [0.4, 0.5) is 0 Å². The number of fused-ring (bicyclic) bond motifs is 5. The maximum absolute atomic E-state index is 12.6. The van der Waals surface area contributed by atoms with Gasteiger partial charge in [0, 0.05) is 30.7 Å². The second kappa shape index (κ2) is 6.78. The van der Waals surface area contributed by atoms with Crippen molar-refractivity contribution in [2.24, 2.45) is 28.6 Å². The van der Waals surface area contributed by atoms with Gasteiger partial charge in [0.25, 0.3) is 0 Å². The molecule has 0 aliphatic heterocycles. The highest BCUT2D eigenvalue weighted by Crippen LogP contribution is 2.64. The molecule has 0 aromatic carbocycles. The number of Topliss-reactive ketones (excluding diaryl/α,β-unsaturated/α-hetero) is 1. The number of ether oxygens (including phenoxy) is 1. The quantitative estimate of drug-likeness (QED) is 0.516. The fourth-order valence-corrected chi connectivity index (χ4v) is 7.21. The molecule has 0 spiro atoms. The fourth-order valence-electron chi connectivity index (χ4n) is 7.21. The molecule has 4 aliphatic rings. The molecule has 0 radical (unpaired) electrons. The first-order chi connectivity index (χ1) is 13.9. The number of carbonyl (C=O) groups is 2. The average Bonchev–Trinajstić information content (AvgIpc) is 3.03. The number of ketones is 1. The standard InChI is InChI=1S/C25H31NO3/c1-24-11-7-18(29-23(28)16-9-13-26-14-10-16)15-17(24)3-4-19-20-5-6-22(27)25(20,2)12-8-21(19)24/h3,9-10,13-14,18-21H,4-8,11-12,15H2,1-2H3/t18-,19-,20-,21-,24-,25-/m0/s1. The van der Waals surface area contributed by atoms with E-state index in [4.69, 9.17) is 4.74 Å². The summed E-state index contributed by atoms with van der Waals surface area (Å²) in [6.07, 6.45) is 13.7. The molecule has 4 nitrogen and oxygen atoms in total. The molecule has 4 heteroatoms. The monoisotopic (exact) mass is 393 g/mol. The van der Waals surface area contributed by atoms with Crippen LogP contribution in [0.25, 0.3) is 0 Å². The van der Waals surface area contributed by atoms with Gasteiger partial charge in [0.15, 0.2) is 0 Å². The van der Waals surface area contributed by atoms with E-state index in [2.05, 4.69) is 24.9 Å². The lowest BCUT2D eigenvalue weighted by atomic mass is 9.48. The predicted octanol–water partition coefficient (Wildman–Crippen LogP) is 5.14. The Morgan fingerprint density at radius 1 is 1.07 bits per heavy atom. The highest BCUT2D eigenvalue weighted by molar-refractivity contribution is 5.89. The fraction of sp³-hybridized carbons (Fsp3) is 0.640. The third-order valence-corrected chi connectivity index (χ3v) is 8.96. The van der Waals surface area contributed by atoms with Crippen LogP contribution in [0, 0.1) is 28.6 Å². The maximum Gasteiger partial charge on any atom is 0.338 e. The smallest absolute Gasteiger partial charge is 0.338 e. The van der Waals surface area contributed by atoms with E-state index < -0.39 is 0 Å². The van der Waals surface area contributed by atoms with Crippen molar-refractivity contribution in [2.45, 2.75) is 71.3 Å². The van der Waals surface area contributed by atoms with Crippen LogP contribution < -0.4 is 0 Å². The van der Waals surface area contributed by atoms with E-state index >= 15 is 0 Å². The summed E-state index contributed by atoms with van der Waals surface area (Å²) in [5.74, 6) is 2.14. The SMILES string of the molecule is C[C@]12CC[C@H](OC(=O)c3ccncc3)CC1=CC[C@@H]1[C@@H]2CC[C@]2(C)C(=O)CC[C@@H]12. The van der Waals surface area contributed by atoms with Crippen molar-refractivity contribution >= 4 is 11.8 Å². The molecule has 6 atom stereocenters. The van der Waals surface area contributed by atoms with Crippen molar-refractivity contribution in [2.75, 3.05) is 0 Å². The molecule has 0 saturated heterocycles. The highest BCUT2D eigenvalue weighted by Gasteiger charge is 2.58. The number of hydrogen-bond acceptors (Lipinski definition) is 4. The molecule has 1 heterocycles. The lowest BCUT2D eigenvalue weighted by Crippen LogP contribution is -2.50. The average molecular weight is 394 g/mol. The predicted molar refractivity (Wildman–Crippen MR) is 110 cm³/mol. The van der Waals surface area contributed by atoms with Crippen LogP contribution in [0.1, 0.15) is 75.6 Å². The van der Waals surface area contributed by atoms with E-state index in [-0.39, 0.29) is 22.9 Å². The molecule has 154 valence electrons. The topological polar surface area (TPSA) is 56.3 Å². The Labute approximate surface area is 173 Å². The summed E-state index contributed by atoms with van der Waals surface area (Å²) in [5, 5.41) is 0. The summed E-state index contributed by atoms with van der Waals surface area (Å²) in [7, 11) is 0. The van der Waals surface area contributed by atoms with E-state index in [1.54, 1.807) is 24.5 Å². The Kier molecular flexibility index (Phi) is 4.45. The summed E-state index contributed by atoms with van der Waals surface area (Å²) in [6, 6.07) is 3.42. The minimum Gasteiger partial charge on any atom is -0.458 e. The first-order valence-corrected chi connectivity index (χ1v) is 11.3. The van der Waals surface area contributed by atoms with Gasteiger partial charge >= 0.3 is 5.97 Å². The van der Waals surface area contributed by atoms with E-state index in [0.29, 0.717) is 29.1 Å². The second-order valence-electron chi connectivity index (χ2n) is 10.2. The molecule has 0 N–H and O–H groups in total. The zero-order chi connectivity index (χ0) is 20.2. The number of allylic oxidation sites excluding steroid dienone is 1. The molecule has 0 amide bonds. The van der Waals surface area contributed by atoms with Crippen molar-refractivity contribution in [3.8, 4) is 0 Å². The number of nitrogens with zero attached hydrogens (tertiary/aromatic N) is 1. The molecule has 3 saturated carbocycles. The van der Waals surface area contributed by atoms with Crippen LogP contribution >= 0.6 is 0 Å². The van der Waals surface area contributed by atoms with Crippen molar-refractivity contribution in [3.63, 3.8) is 0 Å². The maximum atomic E-state index is 12.6. The van der Waals surface area contributed by atoms with Crippen LogP contribution in [0.3, 0.4) is 0 Å². The van der Waals surface area contributed by atoms with Gasteiger partial charge in [-0.05, 0) is 73.8 Å². The summed E-state index contributed by atoms with van der Waals surface area (Å²) in [4.78, 5) is 29.0. The summed E-state index contributed by atoms with van der Waals surface area (Å²) in [5.41, 5.74) is 2.20. The zero-order valence-corrected chi connectivity index (χ0v) is 17.5. The van der Waals surface area contributed by atoms with E-state index in [1.807, 2.05) is 0 Å². The molecule has 5 rings (SSSR count). The van der Waals surface area contributed by atoms with Crippen LogP contribution in [0.15, 0.2) is 36.2 Å². The van der Waals surface area contributed by atoms with Gasteiger partial charge in [-0.1, -0.05) is 25.5 Å². The van der Waals surface area contributed by atoms with E-state index in [9.17, 15) is 9.59 Å². The Morgan fingerprint density at radius 3 is 2.59 bits per heavy atom. The molecule has 0 unspecified atom stereocenters. The van der Waals surface area contributed by atoms with Crippen LogP contribution in [-0.2, 0) is 9.53 Å². The normalized spacial score (nSPS) is 41.0. The molecule has 4 aliphatic carbocycles. The van der Waals surface area contributed by atoms with Crippen molar-refractivity contribution in [1.29, 1.82) is 0 Å². The zero-order valence-electron chi connectivity index (χ0n) is 17.5. The highest BCUT2D eigenvalue weighted by atomic mass is 16.5. The van der Waals surface area contributed by atoms with Gasteiger partial charge in [0.1, 0.15) is 11.9 Å². The number of rotatable bonds is 2. The summed E-state index contributed by atoms with van der Waals surface area (Å²) in [6.45, 7) is 4.68. The molecular weight excluding hydrogens is 362 g/mol. The third kappa shape index (κ3) is 2.90. The lowest BCUT2D eigenvalue weighted by Gasteiger charge is -2.56. The first-order valence-electron chi connectivity index (χ1n) is 11.3. The van der Waals surface area contributed by atoms with Gasteiger partial charge in [0.05, 0.1) is 5.56 Å². The molecule has 29 heavy (non-hydrogen) atoms. The van der Waals surface area contributed by atoms with E-state index in [0.717, 1.165) is 44.9 Å². The number of esters is 1. The van der Waals surface area contributed by atoms with Gasteiger partial charge in [0.2, 0.25) is 0 Å². The van der Waals surface area contributed by atoms with E-state index in [1.165, 1.54) is 12.0 Å². The Hall–Kier alpha value is -1.97. The second-order valence-corrected chi connectivity index (χ2v) is 10.2. The van der Waals surface area contributed by atoms with Crippen LogP contribution in [0.2, 0.25) is 0 Å². The Bertz CT molecular complexity index is 862. The molecule has 1 aromatic rings. The summed E-state index contributed by atoms with van der Waals surface area (Å²) < 4.78 is 5.85. The largest absolute Gasteiger partial charge is 0.458 e. The van der Waals surface area contributed by atoms with Gasteiger partial charge in [-0.25, -0.2) is 4.79 Å². The molecular formula is C25H31NO3.